The van der Waals surface area contributed by atoms with Crippen molar-refractivity contribution in [2.24, 2.45) is 0 Å². The van der Waals surface area contributed by atoms with Crippen LogP contribution in [-0.2, 0) is 0 Å². The predicted molar refractivity (Wildman–Crippen MR) is 158 cm³/mol. The zero-order valence-corrected chi connectivity index (χ0v) is 20.0. The van der Waals surface area contributed by atoms with E-state index in [4.69, 9.17) is 0 Å². The van der Waals surface area contributed by atoms with Gasteiger partial charge in [-0.15, -0.1) is 0 Å². The second kappa shape index (κ2) is 6.87. The average molecular weight is 468 g/mol. The van der Waals surface area contributed by atoms with Crippen molar-refractivity contribution in [2.45, 2.75) is 0 Å². The summed E-state index contributed by atoms with van der Waals surface area (Å²) in [5, 5.41) is 10.4. The number of aromatic nitrogens is 1. The summed E-state index contributed by atoms with van der Waals surface area (Å²) in [6.07, 6.45) is 0. The van der Waals surface area contributed by atoms with Gasteiger partial charge in [-0.2, -0.15) is 0 Å². The zero-order valence-electron chi connectivity index (χ0n) is 20.0. The van der Waals surface area contributed by atoms with Crippen molar-refractivity contribution >= 4 is 54.1 Å². The molecular weight excluding hydrogens is 446 g/mol. The highest BCUT2D eigenvalue weighted by atomic mass is 14.7. The first kappa shape index (κ1) is 19.3. The summed E-state index contributed by atoms with van der Waals surface area (Å²) in [5.74, 6) is 0. The number of para-hydroxylation sites is 1. The smallest absolute Gasteiger partial charge is 0.0551 e. The van der Waals surface area contributed by atoms with Crippen LogP contribution >= 0.6 is 0 Å². The lowest BCUT2D eigenvalue weighted by Crippen LogP contribution is -1.85. The van der Waals surface area contributed by atoms with Crippen molar-refractivity contribution in [3.63, 3.8) is 0 Å². The van der Waals surface area contributed by atoms with E-state index in [1.54, 1.807) is 0 Å². The fraction of sp³-hybridized carbons (Fsp3) is 0. The first-order chi connectivity index (χ1) is 18.4. The highest BCUT2D eigenvalue weighted by Crippen LogP contribution is 2.50. The zero-order chi connectivity index (χ0) is 24.1. The van der Waals surface area contributed by atoms with Crippen LogP contribution in [-0.4, -0.2) is 4.98 Å². The Bertz CT molecular complexity index is 2220. The Morgan fingerprint density at radius 1 is 0.270 bits per heavy atom. The first-order valence-corrected chi connectivity index (χ1v) is 12.9. The van der Waals surface area contributed by atoms with Gasteiger partial charge in [0.05, 0.1) is 11.0 Å². The van der Waals surface area contributed by atoms with E-state index < -0.39 is 0 Å². The molecule has 1 nitrogen and oxygen atoms in total. The molecule has 1 aliphatic carbocycles. The van der Waals surface area contributed by atoms with Gasteiger partial charge in [0.2, 0.25) is 0 Å². The number of H-pyrrole nitrogens is 1. The highest BCUT2D eigenvalue weighted by molar-refractivity contribution is 6.32. The molecule has 1 N–H and O–H groups in total. The van der Waals surface area contributed by atoms with E-state index in [1.807, 2.05) is 0 Å². The molecule has 1 heterocycles. The Morgan fingerprint density at radius 3 is 1.57 bits per heavy atom. The molecule has 0 saturated carbocycles. The quantitative estimate of drug-likeness (QED) is 0.231. The second-order valence-corrected chi connectivity index (χ2v) is 10.1. The van der Waals surface area contributed by atoms with Crippen LogP contribution in [0, 0.1) is 0 Å². The van der Waals surface area contributed by atoms with E-state index in [2.05, 4.69) is 126 Å². The minimum atomic E-state index is 1.20. The summed E-state index contributed by atoms with van der Waals surface area (Å²) in [6.45, 7) is 0. The highest BCUT2D eigenvalue weighted by Gasteiger charge is 2.23. The molecule has 0 fully saturated rings. The van der Waals surface area contributed by atoms with Gasteiger partial charge < -0.3 is 4.98 Å². The lowest BCUT2D eigenvalue weighted by atomic mass is 9.92. The van der Waals surface area contributed by atoms with Gasteiger partial charge in [-0.1, -0.05) is 121 Å². The van der Waals surface area contributed by atoms with Crippen LogP contribution in [0.15, 0.2) is 121 Å². The van der Waals surface area contributed by atoms with Crippen molar-refractivity contribution in [2.75, 3.05) is 0 Å². The molecule has 0 aliphatic heterocycles. The number of hydrogen-bond donors (Lipinski definition) is 1. The van der Waals surface area contributed by atoms with E-state index in [1.165, 1.54) is 87.5 Å². The third-order valence-corrected chi connectivity index (χ3v) is 8.35. The Labute approximate surface area is 213 Å². The van der Waals surface area contributed by atoms with Gasteiger partial charge in [0, 0.05) is 21.7 Å². The minimum Gasteiger partial charge on any atom is -0.353 e. The molecule has 0 atom stereocenters. The minimum absolute atomic E-state index is 1.20. The fourth-order valence-electron chi connectivity index (χ4n) is 6.84. The summed E-state index contributed by atoms with van der Waals surface area (Å²) >= 11 is 0. The lowest BCUT2D eigenvalue weighted by molar-refractivity contribution is 1.56. The van der Waals surface area contributed by atoms with Crippen LogP contribution in [0.25, 0.3) is 87.5 Å². The third kappa shape index (κ3) is 2.39. The van der Waals surface area contributed by atoms with E-state index in [0.29, 0.717) is 0 Å². The van der Waals surface area contributed by atoms with Gasteiger partial charge in [0.1, 0.15) is 0 Å². The van der Waals surface area contributed by atoms with Crippen LogP contribution in [0.5, 0.6) is 0 Å². The number of nitrogens with one attached hydrogen (secondary N) is 1. The summed E-state index contributed by atoms with van der Waals surface area (Å²) in [5.41, 5.74) is 10.3. The van der Waals surface area contributed by atoms with Crippen LogP contribution in [0.2, 0.25) is 0 Å². The molecule has 0 unspecified atom stereocenters. The third-order valence-electron chi connectivity index (χ3n) is 8.35. The van der Waals surface area contributed by atoms with Crippen LogP contribution in [0.3, 0.4) is 0 Å². The predicted octanol–water partition coefficient (Wildman–Crippen LogP) is 10.1. The van der Waals surface area contributed by atoms with Crippen molar-refractivity contribution in [3.05, 3.63) is 121 Å². The average Bonchev–Trinajstić information content (AvgIpc) is 3.52. The van der Waals surface area contributed by atoms with Crippen LogP contribution in [0.4, 0.5) is 0 Å². The largest absolute Gasteiger partial charge is 0.353 e. The summed E-state index contributed by atoms with van der Waals surface area (Å²) in [6, 6.07) is 44.5. The topological polar surface area (TPSA) is 15.8 Å². The molecule has 1 aliphatic rings. The maximum absolute atomic E-state index is 3.91. The summed E-state index contributed by atoms with van der Waals surface area (Å²) < 4.78 is 0. The van der Waals surface area contributed by atoms with Crippen LogP contribution < -0.4 is 0 Å². The number of aromatic amines is 1. The molecule has 0 saturated heterocycles. The molecule has 0 spiro atoms. The maximum Gasteiger partial charge on any atom is 0.0551 e. The van der Waals surface area contributed by atoms with E-state index >= 15 is 0 Å². The maximum atomic E-state index is 3.91. The molecule has 1 aromatic heterocycles. The van der Waals surface area contributed by atoms with Crippen molar-refractivity contribution in [1.82, 2.24) is 4.98 Å². The lowest BCUT2D eigenvalue weighted by Gasteiger charge is -2.11. The van der Waals surface area contributed by atoms with Gasteiger partial charge in [-0.05, 0) is 54.7 Å². The Hall–Kier alpha value is -4.88. The van der Waals surface area contributed by atoms with Gasteiger partial charge >= 0.3 is 0 Å². The molecule has 0 bridgehead atoms. The Balaban J connectivity index is 1.43. The second-order valence-electron chi connectivity index (χ2n) is 10.1. The molecule has 8 aromatic rings. The van der Waals surface area contributed by atoms with Gasteiger partial charge in [0.15, 0.2) is 0 Å². The number of fused-ring (bicyclic) bond motifs is 11. The van der Waals surface area contributed by atoms with Crippen molar-refractivity contribution in [3.8, 4) is 33.4 Å². The van der Waals surface area contributed by atoms with Crippen molar-refractivity contribution in [1.29, 1.82) is 0 Å². The van der Waals surface area contributed by atoms with E-state index in [0.717, 1.165) is 0 Å². The van der Waals surface area contributed by atoms with E-state index in [-0.39, 0.29) is 0 Å². The van der Waals surface area contributed by atoms with Gasteiger partial charge in [0.25, 0.3) is 0 Å². The fourth-order valence-corrected chi connectivity index (χ4v) is 6.84. The first-order valence-electron chi connectivity index (χ1n) is 12.9. The monoisotopic (exact) mass is 467 g/mol. The van der Waals surface area contributed by atoms with Crippen molar-refractivity contribution < 1.29 is 0 Å². The number of hydrogen-bond acceptors (Lipinski definition) is 0. The van der Waals surface area contributed by atoms with Crippen LogP contribution in [0.1, 0.15) is 0 Å². The van der Waals surface area contributed by atoms with Gasteiger partial charge in [-0.3, -0.25) is 0 Å². The number of benzene rings is 7. The molecule has 1 heteroatoms. The molecule has 7 aromatic carbocycles. The summed E-state index contributed by atoms with van der Waals surface area (Å²) in [4.78, 5) is 3.91. The molecular formula is C36H21N. The number of rotatable bonds is 1. The molecule has 37 heavy (non-hydrogen) atoms. The summed E-state index contributed by atoms with van der Waals surface area (Å²) in [7, 11) is 0. The molecule has 170 valence electrons. The normalized spacial score (nSPS) is 12.3. The standard InChI is InChI=1S/C36H21N/c1-2-10-22-21(9-1)26-15-7-16-27-25(19-20-29(22)33(26)27)30-17-8-18-32-34-28-13-5-3-11-23(28)24-12-4-6-14-31(24)36(34)37-35(30)32/h1-20,37H. The molecule has 0 amide bonds. The van der Waals surface area contributed by atoms with Gasteiger partial charge in [-0.25, -0.2) is 0 Å². The van der Waals surface area contributed by atoms with E-state index in [9.17, 15) is 0 Å². The molecule has 0 radical (unpaired) electrons. The Kier molecular flexibility index (Phi) is 3.59. The Morgan fingerprint density at radius 2 is 0.784 bits per heavy atom. The SMILES string of the molecule is c1ccc2c(c1)-c1cccc3c(-c4cccc5c4[nH]c4c6ccccc6c6ccccc6c54)ccc-2c13. The molecule has 9 rings (SSSR count).